The van der Waals surface area contributed by atoms with Crippen molar-refractivity contribution in [3.63, 3.8) is 0 Å². The van der Waals surface area contributed by atoms with Gasteiger partial charge >= 0.3 is 0 Å². The molecule has 124 valence electrons. The summed E-state index contributed by atoms with van der Waals surface area (Å²) in [7, 11) is 0. The molecule has 1 N–H and O–H groups in total. The molecule has 0 saturated carbocycles. The molecule has 0 aliphatic heterocycles. The Morgan fingerprint density at radius 2 is 1.36 bits per heavy atom. The van der Waals surface area contributed by atoms with E-state index in [1.165, 1.54) is 0 Å². The van der Waals surface area contributed by atoms with Gasteiger partial charge in [0.25, 0.3) is 0 Å². The number of hydrogen-bond acceptors (Lipinski definition) is 3. The quantitative estimate of drug-likeness (QED) is 0.477. The first kappa shape index (κ1) is 16.8. The van der Waals surface area contributed by atoms with Crippen LogP contribution in [0.5, 0.6) is 11.5 Å². The van der Waals surface area contributed by atoms with E-state index in [9.17, 15) is 0 Å². The predicted octanol–water partition coefficient (Wildman–Crippen LogP) is 6.19. The van der Waals surface area contributed by atoms with E-state index in [0.717, 1.165) is 33.8 Å². The molecule has 4 heteroatoms. The third kappa shape index (κ3) is 3.90. The number of nitrogens with one attached hydrogen (secondary N) is 1. The number of para-hydroxylation sites is 2. The SMILES string of the molecule is Cl.c1ccc(Oc2ccc(Nc3ccnc4ccccc34)cc2)cc1. The monoisotopic (exact) mass is 348 g/mol. The molecule has 0 spiro atoms. The van der Waals surface area contributed by atoms with Gasteiger partial charge in [-0.15, -0.1) is 12.4 Å². The molecule has 0 bridgehead atoms. The van der Waals surface area contributed by atoms with Crippen LogP contribution in [-0.2, 0) is 0 Å². The standard InChI is InChI=1S/C21H16N2O.ClH/c1-2-6-17(7-3-1)24-18-12-10-16(11-13-18)23-21-14-15-22-20-9-5-4-8-19(20)21;/h1-15H,(H,22,23);1H. The number of ether oxygens (including phenoxy) is 1. The van der Waals surface area contributed by atoms with Gasteiger partial charge in [-0.2, -0.15) is 0 Å². The summed E-state index contributed by atoms with van der Waals surface area (Å²) in [6, 6.07) is 27.8. The van der Waals surface area contributed by atoms with Crippen molar-refractivity contribution in [3.8, 4) is 11.5 Å². The zero-order valence-electron chi connectivity index (χ0n) is 13.4. The van der Waals surface area contributed by atoms with Crippen molar-refractivity contribution in [2.75, 3.05) is 5.32 Å². The van der Waals surface area contributed by atoms with Gasteiger partial charge in [-0.25, -0.2) is 0 Å². The molecular formula is C21H17ClN2O. The van der Waals surface area contributed by atoms with Crippen molar-refractivity contribution < 1.29 is 4.74 Å². The number of anilines is 2. The van der Waals surface area contributed by atoms with Crippen molar-refractivity contribution >= 4 is 34.7 Å². The van der Waals surface area contributed by atoms with Gasteiger partial charge in [0, 0.05) is 23.0 Å². The Kier molecular flexibility index (Phi) is 5.17. The Labute approximate surface area is 152 Å². The van der Waals surface area contributed by atoms with E-state index in [-0.39, 0.29) is 12.4 Å². The summed E-state index contributed by atoms with van der Waals surface area (Å²) >= 11 is 0. The maximum atomic E-state index is 5.82. The van der Waals surface area contributed by atoms with Crippen LogP contribution < -0.4 is 10.1 Å². The van der Waals surface area contributed by atoms with Gasteiger partial charge in [-0.05, 0) is 48.5 Å². The van der Waals surface area contributed by atoms with Crippen LogP contribution >= 0.6 is 12.4 Å². The highest BCUT2D eigenvalue weighted by Crippen LogP contribution is 2.27. The summed E-state index contributed by atoms with van der Waals surface area (Å²) in [6.07, 6.45) is 1.82. The Bertz CT molecular complexity index is 951. The zero-order valence-corrected chi connectivity index (χ0v) is 14.2. The smallest absolute Gasteiger partial charge is 0.127 e. The number of nitrogens with zero attached hydrogens (tertiary/aromatic N) is 1. The average molecular weight is 349 g/mol. The van der Waals surface area contributed by atoms with E-state index in [4.69, 9.17) is 4.74 Å². The zero-order chi connectivity index (χ0) is 16.2. The molecule has 0 amide bonds. The number of halogens is 1. The lowest BCUT2D eigenvalue weighted by atomic mass is 10.2. The van der Waals surface area contributed by atoms with Gasteiger partial charge in [0.1, 0.15) is 11.5 Å². The highest BCUT2D eigenvalue weighted by atomic mass is 35.5. The molecule has 25 heavy (non-hydrogen) atoms. The minimum atomic E-state index is 0. The fourth-order valence-electron chi connectivity index (χ4n) is 2.59. The van der Waals surface area contributed by atoms with E-state index in [1.54, 1.807) is 0 Å². The van der Waals surface area contributed by atoms with Gasteiger partial charge in [0.05, 0.1) is 5.52 Å². The molecule has 4 rings (SSSR count). The van der Waals surface area contributed by atoms with Gasteiger partial charge in [0.15, 0.2) is 0 Å². The Morgan fingerprint density at radius 1 is 0.680 bits per heavy atom. The first-order valence-corrected chi connectivity index (χ1v) is 7.82. The van der Waals surface area contributed by atoms with Crippen LogP contribution in [0.15, 0.2) is 91.1 Å². The number of pyridine rings is 1. The predicted molar refractivity (Wildman–Crippen MR) is 105 cm³/mol. The second-order valence-electron chi connectivity index (χ2n) is 5.44. The Hall–Kier alpha value is -3.04. The second kappa shape index (κ2) is 7.69. The number of fused-ring (bicyclic) bond motifs is 1. The first-order valence-electron chi connectivity index (χ1n) is 7.82. The number of rotatable bonds is 4. The van der Waals surface area contributed by atoms with E-state index in [1.807, 2.05) is 85.1 Å². The molecule has 1 aromatic heterocycles. The molecule has 0 unspecified atom stereocenters. The van der Waals surface area contributed by atoms with Gasteiger partial charge < -0.3 is 10.1 Å². The minimum Gasteiger partial charge on any atom is -0.457 e. The molecule has 0 fully saturated rings. The van der Waals surface area contributed by atoms with Crippen LogP contribution in [0.3, 0.4) is 0 Å². The van der Waals surface area contributed by atoms with Crippen molar-refractivity contribution in [3.05, 3.63) is 91.1 Å². The van der Waals surface area contributed by atoms with Crippen LogP contribution in [0.4, 0.5) is 11.4 Å². The number of hydrogen-bond donors (Lipinski definition) is 1. The normalized spacial score (nSPS) is 10.1. The second-order valence-corrected chi connectivity index (χ2v) is 5.44. The lowest BCUT2D eigenvalue weighted by Gasteiger charge is -2.10. The third-order valence-corrected chi connectivity index (χ3v) is 3.76. The summed E-state index contributed by atoms with van der Waals surface area (Å²) in [6.45, 7) is 0. The van der Waals surface area contributed by atoms with Crippen LogP contribution in [0.1, 0.15) is 0 Å². The van der Waals surface area contributed by atoms with Crippen molar-refractivity contribution in [2.24, 2.45) is 0 Å². The fraction of sp³-hybridized carbons (Fsp3) is 0. The minimum absolute atomic E-state index is 0. The molecule has 0 atom stereocenters. The van der Waals surface area contributed by atoms with Crippen molar-refractivity contribution in [1.82, 2.24) is 4.98 Å². The highest BCUT2D eigenvalue weighted by molar-refractivity contribution is 5.92. The summed E-state index contributed by atoms with van der Waals surface area (Å²) < 4.78 is 5.82. The van der Waals surface area contributed by atoms with E-state index in [2.05, 4.69) is 16.4 Å². The largest absolute Gasteiger partial charge is 0.457 e. The molecule has 3 aromatic carbocycles. The van der Waals surface area contributed by atoms with Crippen LogP contribution in [0, 0.1) is 0 Å². The third-order valence-electron chi connectivity index (χ3n) is 3.76. The van der Waals surface area contributed by atoms with E-state index >= 15 is 0 Å². The Morgan fingerprint density at radius 3 is 2.16 bits per heavy atom. The van der Waals surface area contributed by atoms with Gasteiger partial charge in [-0.3, -0.25) is 4.98 Å². The van der Waals surface area contributed by atoms with E-state index < -0.39 is 0 Å². The summed E-state index contributed by atoms with van der Waals surface area (Å²) in [4.78, 5) is 4.38. The van der Waals surface area contributed by atoms with E-state index in [0.29, 0.717) is 0 Å². The maximum absolute atomic E-state index is 5.82. The molecule has 0 aliphatic rings. The molecule has 1 heterocycles. The summed E-state index contributed by atoms with van der Waals surface area (Å²) in [5.41, 5.74) is 3.02. The fourth-order valence-corrected chi connectivity index (χ4v) is 2.59. The lowest BCUT2D eigenvalue weighted by Crippen LogP contribution is -1.92. The summed E-state index contributed by atoms with van der Waals surface area (Å²) in [5, 5.41) is 4.54. The molecule has 3 nitrogen and oxygen atoms in total. The van der Waals surface area contributed by atoms with Crippen molar-refractivity contribution in [1.29, 1.82) is 0 Å². The number of aromatic nitrogens is 1. The number of benzene rings is 3. The lowest BCUT2D eigenvalue weighted by molar-refractivity contribution is 0.483. The van der Waals surface area contributed by atoms with Crippen LogP contribution in [-0.4, -0.2) is 4.98 Å². The van der Waals surface area contributed by atoms with Gasteiger partial charge in [0.2, 0.25) is 0 Å². The van der Waals surface area contributed by atoms with Gasteiger partial charge in [-0.1, -0.05) is 36.4 Å². The van der Waals surface area contributed by atoms with Crippen LogP contribution in [0.2, 0.25) is 0 Å². The molecule has 0 saturated heterocycles. The average Bonchev–Trinajstić information content (AvgIpc) is 2.65. The molecule has 0 radical (unpaired) electrons. The summed E-state index contributed by atoms with van der Waals surface area (Å²) in [5.74, 6) is 1.64. The Balaban J connectivity index is 0.00000182. The van der Waals surface area contributed by atoms with Crippen LogP contribution in [0.25, 0.3) is 10.9 Å². The van der Waals surface area contributed by atoms with Crippen molar-refractivity contribution in [2.45, 2.75) is 0 Å². The molecular weight excluding hydrogens is 332 g/mol. The molecule has 0 aliphatic carbocycles. The molecule has 4 aromatic rings. The highest BCUT2D eigenvalue weighted by Gasteiger charge is 2.02. The topological polar surface area (TPSA) is 34.1 Å². The maximum Gasteiger partial charge on any atom is 0.127 e. The first-order chi connectivity index (χ1) is 11.9.